The van der Waals surface area contributed by atoms with Crippen LogP contribution in [0.2, 0.25) is 0 Å². The third kappa shape index (κ3) is 3.04. The summed E-state index contributed by atoms with van der Waals surface area (Å²) < 4.78 is 0. The maximum atomic E-state index is 13.6. The third-order valence-electron chi connectivity index (χ3n) is 7.60. The molecule has 0 saturated carbocycles. The summed E-state index contributed by atoms with van der Waals surface area (Å²) >= 11 is 0. The van der Waals surface area contributed by atoms with Gasteiger partial charge in [-0.05, 0) is 46.9 Å². The maximum Gasteiger partial charge on any atom is 0.335 e. The molecule has 1 heterocycles. The number of nitrogens with one attached hydrogen (secondary N) is 1. The van der Waals surface area contributed by atoms with Crippen LogP contribution in [0, 0.1) is 18.8 Å². The van der Waals surface area contributed by atoms with E-state index in [1.165, 1.54) is 12.1 Å². The monoisotopic (exact) mass is 466 g/mol. The van der Waals surface area contributed by atoms with Gasteiger partial charge in [-0.15, -0.1) is 0 Å². The topological polar surface area (TPSA) is 104 Å². The van der Waals surface area contributed by atoms with Crippen LogP contribution in [0.3, 0.4) is 0 Å². The van der Waals surface area contributed by atoms with E-state index in [4.69, 9.17) is 0 Å². The van der Waals surface area contributed by atoms with Gasteiger partial charge in [-0.3, -0.25) is 19.3 Å². The lowest BCUT2D eigenvalue weighted by atomic mass is 9.55. The van der Waals surface area contributed by atoms with Gasteiger partial charge in [0.2, 0.25) is 17.7 Å². The lowest BCUT2D eigenvalue weighted by Crippen LogP contribution is -2.41. The molecule has 2 N–H and O–H groups in total. The minimum absolute atomic E-state index is 0.0392. The van der Waals surface area contributed by atoms with E-state index in [1.807, 2.05) is 48.5 Å². The zero-order chi connectivity index (χ0) is 24.4. The van der Waals surface area contributed by atoms with Gasteiger partial charge in [-0.2, -0.15) is 0 Å². The summed E-state index contributed by atoms with van der Waals surface area (Å²) in [4.78, 5) is 52.5. The molecule has 0 radical (unpaired) electrons. The molecule has 7 heteroatoms. The molecule has 174 valence electrons. The fraction of sp³-hybridized carbons (Fsp3) is 0.214. The highest BCUT2D eigenvalue weighted by atomic mass is 16.4. The van der Waals surface area contributed by atoms with Crippen LogP contribution in [0.25, 0.3) is 0 Å². The number of hydrogen-bond donors (Lipinski definition) is 2. The third-order valence-corrected chi connectivity index (χ3v) is 7.60. The predicted octanol–water partition coefficient (Wildman–Crippen LogP) is 3.52. The second-order valence-electron chi connectivity index (χ2n) is 9.41. The Balaban J connectivity index is 1.32. The van der Waals surface area contributed by atoms with Gasteiger partial charge in [-0.1, -0.05) is 54.6 Å². The van der Waals surface area contributed by atoms with Crippen molar-refractivity contribution in [2.75, 3.05) is 11.9 Å². The van der Waals surface area contributed by atoms with E-state index in [0.29, 0.717) is 11.3 Å². The Labute approximate surface area is 201 Å². The summed E-state index contributed by atoms with van der Waals surface area (Å²) in [6.07, 6.45) is 0. The van der Waals surface area contributed by atoms with E-state index >= 15 is 0 Å². The summed E-state index contributed by atoms with van der Waals surface area (Å²) in [5.74, 6) is -3.84. The lowest BCUT2D eigenvalue weighted by Gasteiger charge is -2.45. The molecule has 3 aliphatic carbocycles. The zero-order valence-corrected chi connectivity index (χ0v) is 18.9. The van der Waals surface area contributed by atoms with Gasteiger partial charge in [0.1, 0.15) is 6.54 Å². The van der Waals surface area contributed by atoms with Crippen molar-refractivity contribution in [3.05, 3.63) is 100 Å². The Bertz CT molecular complexity index is 1330. The smallest absolute Gasteiger partial charge is 0.335 e. The zero-order valence-electron chi connectivity index (χ0n) is 18.9. The number of rotatable bonds is 4. The number of amides is 3. The number of nitrogens with zero attached hydrogens (tertiary/aromatic N) is 1. The Morgan fingerprint density at radius 3 is 1.77 bits per heavy atom. The number of aromatic carboxylic acids is 1. The van der Waals surface area contributed by atoms with Gasteiger partial charge in [0.25, 0.3) is 0 Å². The average Bonchev–Trinajstić information content (AvgIpc) is 3.10. The standard InChI is InChI=1S/C28H22N2O5/c1-14-10-11-15(28(34)35)12-20(14)29-21(31)13-30-26(32)24-22-16-6-2-3-7-17(16)23(25(24)27(30)33)19-9-5-4-8-18(19)22/h2-12,22-25H,13H2,1H3,(H,29,31)(H,34,35)/t22?,23?,24-,25-/m1/s1. The largest absolute Gasteiger partial charge is 0.478 e. The first-order valence-corrected chi connectivity index (χ1v) is 11.5. The summed E-state index contributed by atoms with van der Waals surface area (Å²) in [7, 11) is 0. The molecule has 1 fully saturated rings. The van der Waals surface area contributed by atoms with Crippen molar-refractivity contribution in [2.45, 2.75) is 18.8 Å². The van der Waals surface area contributed by atoms with Gasteiger partial charge < -0.3 is 10.4 Å². The second-order valence-corrected chi connectivity index (χ2v) is 9.41. The predicted molar refractivity (Wildman–Crippen MR) is 127 cm³/mol. The van der Waals surface area contributed by atoms with Gasteiger partial charge >= 0.3 is 5.97 Å². The Kier molecular flexibility index (Phi) is 4.64. The molecule has 35 heavy (non-hydrogen) atoms. The average molecular weight is 466 g/mol. The number of carboxylic acid groups (broad SMARTS) is 1. The highest BCUT2D eigenvalue weighted by Crippen LogP contribution is 2.60. The molecule has 3 aromatic carbocycles. The lowest BCUT2D eigenvalue weighted by molar-refractivity contribution is -0.142. The van der Waals surface area contributed by atoms with Crippen LogP contribution < -0.4 is 5.32 Å². The summed E-state index contributed by atoms with van der Waals surface area (Å²) in [5, 5.41) is 11.9. The molecular weight excluding hydrogens is 444 g/mol. The van der Waals surface area contributed by atoms with Crippen LogP contribution in [0.5, 0.6) is 0 Å². The van der Waals surface area contributed by atoms with Crippen molar-refractivity contribution in [1.29, 1.82) is 0 Å². The van der Waals surface area contributed by atoms with Crippen LogP contribution in [-0.4, -0.2) is 40.2 Å². The number of aryl methyl sites for hydroxylation is 1. The van der Waals surface area contributed by atoms with Gasteiger partial charge in [0, 0.05) is 17.5 Å². The van der Waals surface area contributed by atoms with Crippen LogP contribution in [0.15, 0.2) is 66.7 Å². The van der Waals surface area contributed by atoms with Crippen molar-refractivity contribution < 1.29 is 24.3 Å². The first kappa shape index (κ1) is 21.3. The second kappa shape index (κ2) is 7.63. The molecule has 1 saturated heterocycles. The van der Waals surface area contributed by atoms with Gasteiger partial charge in [0.05, 0.1) is 17.4 Å². The molecule has 0 unspecified atom stereocenters. The van der Waals surface area contributed by atoms with Crippen LogP contribution in [0.4, 0.5) is 5.69 Å². The van der Waals surface area contributed by atoms with E-state index in [9.17, 15) is 24.3 Å². The fourth-order valence-electron chi connectivity index (χ4n) is 6.12. The highest BCUT2D eigenvalue weighted by molar-refractivity contribution is 6.10. The SMILES string of the molecule is Cc1ccc(C(=O)O)cc1NC(=O)CN1C(=O)[C@@H]2C3c4ccccc4C(c4ccccc43)[C@H]2C1=O. The molecule has 4 aliphatic rings. The number of benzene rings is 3. The van der Waals surface area contributed by atoms with E-state index in [2.05, 4.69) is 5.32 Å². The van der Waals surface area contributed by atoms with Gasteiger partial charge in [0.15, 0.2) is 0 Å². The van der Waals surface area contributed by atoms with E-state index in [-0.39, 0.29) is 29.2 Å². The minimum atomic E-state index is -1.11. The first-order valence-electron chi connectivity index (χ1n) is 11.5. The molecule has 0 spiro atoms. The number of hydrogen-bond acceptors (Lipinski definition) is 4. The molecule has 2 bridgehead atoms. The van der Waals surface area contributed by atoms with E-state index in [1.54, 1.807) is 13.0 Å². The summed E-state index contributed by atoms with van der Waals surface area (Å²) in [5.41, 5.74) is 5.36. The number of imide groups is 1. The molecular formula is C28H22N2O5. The quantitative estimate of drug-likeness (QED) is 0.573. The maximum absolute atomic E-state index is 13.6. The van der Waals surface area contributed by atoms with Crippen LogP contribution in [0.1, 0.15) is 50.0 Å². The van der Waals surface area contributed by atoms with Crippen molar-refractivity contribution in [2.24, 2.45) is 11.8 Å². The Hall–Kier alpha value is -4.26. The summed E-state index contributed by atoms with van der Waals surface area (Å²) in [6.45, 7) is 1.33. The molecule has 7 nitrogen and oxygen atoms in total. The number of carbonyl (C=O) groups is 4. The molecule has 3 amide bonds. The number of anilines is 1. The first-order chi connectivity index (χ1) is 16.9. The van der Waals surface area contributed by atoms with Crippen LogP contribution >= 0.6 is 0 Å². The van der Waals surface area contributed by atoms with Crippen molar-refractivity contribution in [1.82, 2.24) is 4.90 Å². The molecule has 1 aliphatic heterocycles. The molecule has 0 aromatic heterocycles. The normalized spacial score (nSPS) is 23.5. The number of carboxylic acids is 1. The Morgan fingerprint density at radius 1 is 0.829 bits per heavy atom. The van der Waals surface area contributed by atoms with E-state index in [0.717, 1.165) is 27.2 Å². The molecule has 3 aromatic rings. The van der Waals surface area contributed by atoms with Crippen LogP contribution in [-0.2, 0) is 14.4 Å². The van der Waals surface area contributed by atoms with Gasteiger partial charge in [-0.25, -0.2) is 4.79 Å². The van der Waals surface area contributed by atoms with E-state index < -0.39 is 30.3 Å². The molecule has 2 atom stereocenters. The van der Waals surface area contributed by atoms with Crippen molar-refractivity contribution in [3.8, 4) is 0 Å². The van der Waals surface area contributed by atoms with Crippen molar-refractivity contribution >= 4 is 29.4 Å². The Morgan fingerprint density at radius 2 is 1.31 bits per heavy atom. The van der Waals surface area contributed by atoms with Crippen molar-refractivity contribution in [3.63, 3.8) is 0 Å². The number of carbonyl (C=O) groups excluding carboxylic acids is 3. The number of likely N-dealkylation sites (tertiary alicyclic amines) is 1. The molecule has 7 rings (SSSR count). The fourth-order valence-corrected chi connectivity index (χ4v) is 6.12. The highest BCUT2D eigenvalue weighted by Gasteiger charge is 2.61. The summed E-state index contributed by atoms with van der Waals surface area (Å²) in [6, 6.07) is 20.4. The minimum Gasteiger partial charge on any atom is -0.478 e.